The Hall–Kier alpha value is -1.94. The van der Waals surface area contributed by atoms with Crippen molar-refractivity contribution in [1.29, 1.82) is 0 Å². The minimum atomic E-state index is -0.480. The van der Waals surface area contributed by atoms with Gasteiger partial charge in [0.25, 0.3) is 0 Å². The summed E-state index contributed by atoms with van der Waals surface area (Å²) in [6, 6.07) is 8.53. The van der Waals surface area contributed by atoms with Gasteiger partial charge in [-0.05, 0) is 37.1 Å². The number of carbonyl (C=O) groups is 1. The number of unbranched alkanes of at least 4 members (excludes halogenated alkanes) is 1. The second-order valence-electron chi connectivity index (χ2n) is 5.27. The van der Waals surface area contributed by atoms with E-state index in [0.29, 0.717) is 5.56 Å². The molecule has 2 rings (SSSR count). The highest BCUT2D eigenvalue weighted by Gasteiger charge is 2.10. The molecule has 0 fully saturated rings. The summed E-state index contributed by atoms with van der Waals surface area (Å²) >= 11 is 1.60. The molecule has 0 aliphatic heterocycles. The van der Waals surface area contributed by atoms with Crippen molar-refractivity contribution in [2.24, 2.45) is 0 Å². The summed E-state index contributed by atoms with van der Waals surface area (Å²) in [4.78, 5) is 13.7. The molecule has 2 aromatic rings. The number of hydrogen-bond acceptors (Lipinski definition) is 3. The molecule has 122 valence electrons. The highest BCUT2D eigenvalue weighted by molar-refractivity contribution is 7.15. The van der Waals surface area contributed by atoms with Gasteiger partial charge in [0.2, 0.25) is 0 Å². The fraction of sp³-hybridized carbons (Fsp3) is 0.316. The minimum absolute atomic E-state index is 0.225. The lowest BCUT2D eigenvalue weighted by Gasteiger charge is -2.05. The standard InChI is InChI=1S/C19H21FO2S/c1-3-5-6-8-19(21)22-14-9-11-16(17(20)13-14)18-12-10-15(23-18)7-4-2/h6,8-13H,3-5,7H2,1-2H3/b8-6+. The molecule has 0 amide bonds. The summed E-state index contributed by atoms with van der Waals surface area (Å²) in [7, 11) is 0. The number of hydrogen-bond donors (Lipinski definition) is 0. The van der Waals surface area contributed by atoms with Gasteiger partial charge in [-0.2, -0.15) is 0 Å². The topological polar surface area (TPSA) is 26.3 Å². The first kappa shape index (κ1) is 17.4. The number of benzene rings is 1. The van der Waals surface area contributed by atoms with Gasteiger partial charge in [-0.1, -0.05) is 32.8 Å². The van der Waals surface area contributed by atoms with Gasteiger partial charge in [-0.25, -0.2) is 9.18 Å². The Balaban J connectivity index is 2.09. The Morgan fingerprint density at radius 2 is 2.04 bits per heavy atom. The van der Waals surface area contributed by atoms with Gasteiger partial charge in [0.1, 0.15) is 11.6 Å². The summed E-state index contributed by atoms with van der Waals surface area (Å²) in [5.41, 5.74) is 0.540. The van der Waals surface area contributed by atoms with Crippen molar-refractivity contribution >= 4 is 17.3 Å². The number of aryl methyl sites for hydroxylation is 1. The second-order valence-corrected chi connectivity index (χ2v) is 6.44. The van der Waals surface area contributed by atoms with Gasteiger partial charge in [0, 0.05) is 27.5 Å². The molecular formula is C19H21FO2S. The van der Waals surface area contributed by atoms with E-state index in [-0.39, 0.29) is 11.6 Å². The van der Waals surface area contributed by atoms with Crippen LogP contribution in [0.1, 0.15) is 38.0 Å². The van der Waals surface area contributed by atoms with Crippen LogP contribution in [0, 0.1) is 5.82 Å². The van der Waals surface area contributed by atoms with Crippen LogP contribution < -0.4 is 4.74 Å². The minimum Gasteiger partial charge on any atom is -0.423 e. The SMILES string of the molecule is CCC/C=C/C(=O)Oc1ccc(-c2ccc(CCC)s2)c(F)c1. The fourth-order valence-electron chi connectivity index (χ4n) is 2.16. The molecule has 0 saturated heterocycles. The van der Waals surface area contributed by atoms with Crippen LogP contribution in [0.5, 0.6) is 5.75 Å². The molecule has 1 aromatic carbocycles. The maximum atomic E-state index is 14.3. The predicted molar refractivity (Wildman–Crippen MR) is 93.4 cm³/mol. The van der Waals surface area contributed by atoms with E-state index in [2.05, 4.69) is 6.92 Å². The van der Waals surface area contributed by atoms with Crippen LogP contribution in [0.25, 0.3) is 10.4 Å². The smallest absolute Gasteiger partial charge is 0.335 e. The number of rotatable bonds is 7. The van der Waals surface area contributed by atoms with Crippen molar-refractivity contribution in [3.63, 3.8) is 0 Å². The van der Waals surface area contributed by atoms with E-state index in [0.717, 1.165) is 30.6 Å². The summed E-state index contributed by atoms with van der Waals surface area (Å²) in [6.07, 6.45) is 7.00. The Bertz CT molecular complexity index is 688. The number of allylic oxidation sites excluding steroid dienone is 1. The summed E-state index contributed by atoms with van der Waals surface area (Å²) in [5.74, 6) is -0.632. The van der Waals surface area contributed by atoms with Crippen LogP contribution >= 0.6 is 11.3 Å². The van der Waals surface area contributed by atoms with Crippen LogP contribution in [-0.2, 0) is 11.2 Å². The van der Waals surface area contributed by atoms with Crippen molar-refractivity contribution in [2.45, 2.75) is 39.5 Å². The van der Waals surface area contributed by atoms with Crippen molar-refractivity contribution in [3.05, 3.63) is 53.2 Å². The van der Waals surface area contributed by atoms with Gasteiger partial charge in [-0.15, -0.1) is 11.3 Å². The largest absolute Gasteiger partial charge is 0.423 e. The lowest BCUT2D eigenvalue weighted by atomic mass is 10.1. The zero-order valence-corrected chi connectivity index (χ0v) is 14.3. The van der Waals surface area contributed by atoms with Gasteiger partial charge in [0.05, 0.1) is 0 Å². The Labute approximate surface area is 140 Å². The lowest BCUT2D eigenvalue weighted by molar-refractivity contribution is -0.129. The molecule has 0 aliphatic carbocycles. The normalized spacial score (nSPS) is 11.1. The molecule has 0 unspecified atom stereocenters. The average Bonchev–Trinajstić information content (AvgIpc) is 2.96. The van der Waals surface area contributed by atoms with E-state index in [1.807, 2.05) is 19.1 Å². The zero-order valence-electron chi connectivity index (χ0n) is 13.5. The maximum absolute atomic E-state index is 14.3. The number of thiophene rings is 1. The summed E-state index contributed by atoms with van der Waals surface area (Å²) in [6.45, 7) is 4.15. The molecule has 0 saturated carbocycles. The molecule has 2 nitrogen and oxygen atoms in total. The number of carbonyl (C=O) groups excluding carboxylic acids is 1. The van der Waals surface area contributed by atoms with Crippen molar-refractivity contribution in [1.82, 2.24) is 0 Å². The van der Waals surface area contributed by atoms with E-state index < -0.39 is 5.97 Å². The Kier molecular flexibility index (Phi) is 6.53. The Morgan fingerprint density at radius 1 is 1.22 bits per heavy atom. The van der Waals surface area contributed by atoms with Crippen molar-refractivity contribution < 1.29 is 13.9 Å². The molecule has 0 N–H and O–H groups in total. The number of esters is 1. The second kappa shape index (κ2) is 8.63. The monoisotopic (exact) mass is 332 g/mol. The molecular weight excluding hydrogens is 311 g/mol. The predicted octanol–water partition coefficient (Wildman–Crippen LogP) is 5.77. The molecule has 1 heterocycles. The molecule has 23 heavy (non-hydrogen) atoms. The van der Waals surface area contributed by atoms with E-state index in [4.69, 9.17) is 4.74 Å². The number of ether oxygens (including phenoxy) is 1. The summed E-state index contributed by atoms with van der Waals surface area (Å²) in [5, 5.41) is 0. The van der Waals surface area contributed by atoms with Gasteiger partial charge < -0.3 is 4.74 Å². The van der Waals surface area contributed by atoms with Crippen molar-refractivity contribution in [2.75, 3.05) is 0 Å². The van der Waals surface area contributed by atoms with E-state index in [1.54, 1.807) is 29.5 Å². The van der Waals surface area contributed by atoms with Crippen LogP contribution in [0.4, 0.5) is 4.39 Å². The quantitative estimate of drug-likeness (QED) is 0.365. The first-order valence-electron chi connectivity index (χ1n) is 7.91. The number of halogens is 1. The molecule has 0 atom stereocenters. The van der Waals surface area contributed by atoms with Gasteiger partial charge in [-0.3, -0.25) is 0 Å². The Morgan fingerprint density at radius 3 is 2.74 bits per heavy atom. The van der Waals surface area contributed by atoms with E-state index in [1.165, 1.54) is 17.0 Å². The van der Waals surface area contributed by atoms with Crippen LogP contribution in [0.3, 0.4) is 0 Å². The van der Waals surface area contributed by atoms with E-state index >= 15 is 0 Å². The third kappa shape index (κ3) is 5.03. The molecule has 0 aliphatic rings. The first-order valence-corrected chi connectivity index (χ1v) is 8.72. The highest BCUT2D eigenvalue weighted by atomic mass is 32.1. The highest BCUT2D eigenvalue weighted by Crippen LogP contribution is 2.32. The molecule has 0 bridgehead atoms. The molecule has 0 radical (unpaired) electrons. The maximum Gasteiger partial charge on any atom is 0.335 e. The molecule has 0 spiro atoms. The van der Waals surface area contributed by atoms with Crippen LogP contribution in [0.15, 0.2) is 42.5 Å². The average molecular weight is 332 g/mol. The molecule has 1 aromatic heterocycles. The van der Waals surface area contributed by atoms with Gasteiger partial charge in [0.15, 0.2) is 0 Å². The van der Waals surface area contributed by atoms with Crippen LogP contribution in [0.2, 0.25) is 0 Å². The van der Waals surface area contributed by atoms with Gasteiger partial charge >= 0.3 is 5.97 Å². The van der Waals surface area contributed by atoms with Crippen LogP contribution in [-0.4, -0.2) is 5.97 Å². The third-order valence-corrected chi connectivity index (χ3v) is 4.47. The first-order chi connectivity index (χ1) is 11.1. The fourth-order valence-corrected chi connectivity index (χ4v) is 3.30. The third-order valence-electron chi connectivity index (χ3n) is 3.29. The van der Waals surface area contributed by atoms with E-state index in [9.17, 15) is 9.18 Å². The summed E-state index contributed by atoms with van der Waals surface area (Å²) < 4.78 is 19.4. The van der Waals surface area contributed by atoms with Crippen molar-refractivity contribution in [3.8, 4) is 16.2 Å². The molecule has 4 heteroatoms. The lowest BCUT2D eigenvalue weighted by Crippen LogP contribution is -2.04. The zero-order chi connectivity index (χ0) is 16.7.